The summed E-state index contributed by atoms with van der Waals surface area (Å²) in [6.45, 7) is 8.52. The van der Waals surface area contributed by atoms with Gasteiger partial charge in [0.1, 0.15) is 0 Å². The van der Waals surface area contributed by atoms with E-state index in [0.29, 0.717) is 22.6 Å². The van der Waals surface area contributed by atoms with Gasteiger partial charge in [0.15, 0.2) is 0 Å². The zero-order valence-corrected chi connectivity index (χ0v) is 14.2. The molecular formula is C16H24N2O2S. The molecule has 116 valence electrons. The number of nitrogens with two attached hydrogens (primary N) is 1. The molecule has 0 bridgehead atoms. The number of benzene rings is 1. The summed E-state index contributed by atoms with van der Waals surface area (Å²) in [6, 6.07) is 5.20. The molecule has 0 aromatic heterocycles. The summed E-state index contributed by atoms with van der Waals surface area (Å²) in [4.78, 5) is 0.304. The minimum absolute atomic E-state index is 0.104. The van der Waals surface area contributed by atoms with Gasteiger partial charge in [-0.25, -0.2) is 12.7 Å². The first-order valence-corrected chi connectivity index (χ1v) is 8.28. The zero-order chi connectivity index (χ0) is 16.3. The van der Waals surface area contributed by atoms with Crippen molar-refractivity contribution in [3.05, 3.63) is 29.3 Å². The van der Waals surface area contributed by atoms with Crippen LogP contribution in [0.25, 0.3) is 0 Å². The van der Waals surface area contributed by atoms with Crippen LogP contribution in [-0.4, -0.2) is 32.9 Å². The lowest BCUT2D eigenvalue weighted by Gasteiger charge is -2.26. The maximum atomic E-state index is 12.7. The van der Waals surface area contributed by atoms with E-state index in [2.05, 4.69) is 11.8 Å². The van der Waals surface area contributed by atoms with E-state index in [-0.39, 0.29) is 12.0 Å². The van der Waals surface area contributed by atoms with Crippen LogP contribution in [0.1, 0.15) is 31.9 Å². The Bertz CT molecular complexity index is 662. The molecular weight excluding hydrogens is 284 g/mol. The van der Waals surface area contributed by atoms with Crippen LogP contribution in [0.5, 0.6) is 0 Å². The highest BCUT2D eigenvalue weighted by atomic mass is 32.2. The maximum Gasteiger partial charge on any atom is 0.243 e. The molecule has 2 N–H and O–H groups in total. The largest absolute Gasteiger partial charge is 0.320 e. The standard InChI is InChI=1S/C16H24N2O2S/c1-13-8-9-14(7-6-10-17)11-15(13)21(19,20)18(5)12-16(2,3)4/h8-9,11H,10,12,17H2,1-5H3. The van der Waals surface area contributed by atoms with Gasteiger partial charge in [0, 0.05) is 19.2 Å². The fourth-order valence-electron chi connectivity index (χ4n) is 2.03. The molecule has 1 aromatic carbocycles. The molecule has 0 amide bonds. The Morgan fingerprint density at radius 2 is 1.90 bits per heavy atom. The minimum atomic E-state index is -3.52. The molecule has 21 heavy (non-hydrogen) atoms. The number of sulfonamides is 1. The lowest BCUT2D eigenvalue weighted by molar-refractivity contribution is 0.310. The molecule has 4 nitrogen and oxygen atoms in total. The highest BCUT2D eigenvalue weighted by Crippen LogP contribution is 2.23. The molecule has 0 radical (unpaired) electrons. The van der Waals surface area contributed by atoms with Crippen LogP contribution in [0.3, 0.4) is 0 Å². The average Bonchev–Trinajstić information content (AvgIpc) is 2.35. The Morgan fingerprint density at radius 3 is 2.43 bits per heavy atom. The van der Waals surface area contributed by atoms with Gasteiger partial charge in [0.05, 0.1) is 11.4 Å². The summed E-state index contributed by atoms with van der Waals surface area (Å²) in [6.07, 6.45) is 0. The molecule has 0 fully saturated rings. The molecule has 0 saturated carbocycles. The van der Waals surface area contributed by atoms with Crippen LogP contribution in [0.2, 0.25) is 0 Å². The molecule has 0 saturated heterocycles. The fraction of sp³-hybridized carbons (Fsp3) is 0.500. The quantitative estimate of drug-likeness (QED) is 0.868. The summed E-state index contributed by atoms with van der Waals surface area (Å²) in [7, 11) is -1.91. The second kappa shape index (κ2) is 6.61. The van der Waals surface area contributed by atoms with Gasteiger partial charge in [-0.05, 0) is 30.0 Å². The first-order valence-electron chi connectivity index (χ1n) is 6.84. The van der Waals surface area contributed by atoms with Crippen LogP contribution in [-0.2, 0) is 10.0 Å². The Morgan fingerprint density at radius 1 is 1.29 bits per heavy atom. The smallest absolute Gasteiger partial charge is 0.243 e. The molecule has 5 heteroatoms. The summed E-state index contributed by atoms with van der Waals surface area (Å²) < 4.78 is 26.8. The molecule has 0 aliphatic rings. The molecule has 1 rings (SSSR count). The van der Waals surface area contributed by atoms with Crippen molar-refractivity contribution in [2.24, 2.45) is 11.1 Å². The highest BCUT2D eigenvalue weighted by molar-refractivity contribution is 7.89. The van der Waals surface area contributed by atoms with Gasteiger partial charge in [-0.1, -0.05) is 38.7 Å². The fourth-order valence-corrected chi connectivity index (χ4v) is 3.67. The van der Waals surface area contributed by atoms with E-state index >= 15 is 0 Å². The van der Waals surface area contributed by atoms with Crippen molar-refractivity contribution in [1.29, 1.82) is 0 Å². The SMILES string of the molecule is Cc1ccc(C#CCN)cc1S(=O)(=O)N(C)CC(C)(C)C. The highest BCUT2D eigenvalue weighted by Gasteiger charge is 2.26. The first kappa shape index (κ1) is 17.7. The van der Waals surface area contributed by atoms with Crippen LogP contribution < -0.4 is 5.73 Å². The summed E-state index contributed by atoms with van der Waals surface area (Å²) in [5, 5.41) is 0. The summed E-state index contributed by atoms with van der Waals surface area (Å²) >= 11 is 0. The maximum absolute atomic E-state index is 12.7. The van der Waals surface area contributed by atoms with Crippen molar-refractivity contribution < 1.29 is 8.42 Å². The lowest BCUT2D eigenvalue weighted by Crippen LogP contribution is -2.34. The average molecular weight is 308 g/mol. The lowest BCUT2D eigenvalue weighted by atomic mass is 9.97. The van der Waals surface area contributed by atoms with E-state index in [1.54, 1.807) is 32.2 Å². The molecule has 0 heterocycles. The Kier molecular flexibility index (Phi) is 5.57. The van der Waals surface area contributed by atoms with Crippen molar-refractivity contribution in [2.75, 3.05) is 20.1 Å². The number of aryl methyl sites for hydroxylation is 1. The van der Waals surface area contributed by atoms with E-state index in [4.69, 9.17) is 5.73 Å². The van der Waals surface area contributed by atoms with Gasteiger partial charge in [-0.2, -0.15) is 0 Å². The van der Waals surface area contributed by atoms with Crippen LogP contribution >= 0.6 is 0 Å². The van der Waals surface area contributed by atoms with Crippen molar-refractivity contribution in [3.8, 4) is 11.8 Å². The molecule has 0 aliphatic carbocycles. The van der Waals surface area contributed by atoms with E-state index < -0.39 is 10.0 Å². The van der Waals surface area contributed by atoms with Crippen LogP contribution in [0.15, 0.2) is 23.1 Å². The van der Waals surface area contributed by atoms with Gasteiger partial charge in [-0.15, -0.1) is 0 Å². The predicted octanol–water partition coefficient (Wildman–Crippen LogP) is 1.97. The van der Waals surface area contributed by atoms with Crippen molar-refractivity contribution in [2.45, 2.75) is 32.6 Å². The summed E-state index contributed by atoms with van der Waals surface area (Å²) in [5.41, 5.74) is 6.62. The number of hydrogen-bond acceptors (Lipinski definition) is 3. The second-order valence-electron chi connectivity index (χ2n) is 6.31. The van der Waals surface area contributed by atoms with Gasteiger partial charge in [0.2, 0.25) is 10.0 Å². The Labute approximate surface area is 128 Å². The van der Waals surface area contributed by atoms with Crippen molar-refractivity contribution in [3.63, 3.8) is 0 Å². The molecule has 0 unspecified atom stereocenters. The molecule has 1 aromatic rings. The van der Waals surface area contributed by atoms with Crippen molar-refractivity contribution >= 4 is 10.0 Å². The van der Waals surface area contributed by atoms with Gasteiger partial charge in [-0.3, -0.25) is 0 Å². The Balaban J connectivity index is 3.24. The number of hydrogen-bond donors (Lipinski definition) is 1. The molecule has 0 spiro atoms. The molecule has 0 aliphatic heterocycles. The van der Waals surface area contributed by atoms with Crippen LogP contribution in [0, 0.1) is 24.2 Å². The van der Waals surface area contributed by atoms with Crippen LogP contribution in [0.4, 0.5) is 0 Å². The predicted molar refractivity (Wildman–Crippen MR) is 86.4 cm³/mol. The normalized spacial score (nSPS) is 12.1. The van der Waals surface area contributed by atoms with Gasteiger partial charge < -0.3 is 5.73 Å². The third kappa shape index (κ3) is 4.85. The summed E-state index contributed by atoms with van der Waals surface area (Å²) in [5.74, 6) is 5.61. The molecule has 0 atom stereocenters. The zero-order valence-electron chi connectivity index (χ0n) is 13.4. The van der Waals surface area contributed by atoms with E-state index in [9.17, 15) is 8.42 Å². The van der Waals surface area contributed by atoms with Gasteiger partial charge in [0.25, 0.3) is 0 Å². The van der Waals surface area contributed by atoms with E-state index in [1.807, 2.05) is 20.8 Å². The van der Waals surface area contributed by atoms with Gasteiger partial charge >= 0.3 is 0 Å². The third-order valence-electron chi connectivity index (χ3n) is 2.91. The van der Waals surface area contributed by atoms with E-state index in [1.165, 1.54) is 4.31 Å². The van der Waals surface area contributed by atoms with Crippen molar-refractivity contribution in [1.82, 2.24) is 4.31 Å². The first-order chi connectivity index (χ1) is 9.58. The third-order valence-corrected chi connectivity index (χ3v) is 4.85. The monoisotopic (exact) mass is 308 g/mol. The second-order valence-corrected chi connectivity index (χ2v) is 8.32. The topological polar surface area (TPSA) is 63.4 Å². The number of rotatable bonds is 3. The number of nitrogens with zero attached hydrogens (tertiary/aromatic N) is 1. The minimum Gasteiger partial charge on any atom is -0.320 e. The van der Waals surface area contributed by atoms with E-state index in [0.717, 1.165) is 0 Å². The Hall–Kier alpha value is -1.35.